The summed E-state index contributed by atoms with van der Waals surface area (Å²) in [7, 11) is 0. The first-order chi connectivity index (χ1) is 38.8. The first kappa shape index (κ1) is 75.2. The van der Waals surface area contributed by atoms with E-state index in [0.29, 0.717) is 6.42 Å². The zero-order chi connectivity index (χ0) is 57.2. The second-order valence-electron chi connectivity index (χ2n) is 24.0. The fourth-order valence-corrected chi connectivity index (χ4v) is 11.0. The van der Waals surface area contributed by atoms with Crippen LogP contribution in [0.2, 0.25) is 0 Å². The van der Waals surface area contributed by atoms with Crippen molar-refractivity contribution in [1.82, 2.24) is 5.32 Å². The van der Waals surface area contributed by atoms with Crippen LogP contribution in [0.4, 0.5) is 0 Å². The van der Waals surface area contributed by atoms with Gasteiger partial charge in [0.2, 0.25) is 5.91 Å². The van der Waals surface area contributed by atoms with E-state index in [1.54, 1.807) is 6.08 Å². The Morgan fingerprint density at radius 1 is 0.418 bits per heavy atom. The van der Waals surface area contributed by atoms with Gasteiger partial charge in [-0.3, -0.25) is 4.79 Å². The lowest BCUT2D eigenvalue weighted by molar-refractivity contribution is -0.302. The number of nitrogens with one attached hydrogen (secondary N) is 1. The second-order valence-corrected chi connectivity index (χ2v) is 24.0. The van der Waals surface area contributed by atoms with Crippen LogP contribution in [-0.2, 0) is 14.3 Å². The average Bonchev–Trinajstić information content (AvgIpc) is 3.47. The molecule has 7 unspecified atom stereocenters. The molecule has 1 fully saturated rings. The number of amides is 1. The van der Waals surface area contributed by atoms with Crippen molar-refractivity contribution in [3.8, 4) is 0 Å². The smallest absolute Gasteiger partial charge is 0.220 e. The Hall–Kier alpha value is -1.85. The molecule has 9 nitrogen and oxygen atoms in total. The topological polar surface area (TPSA) is 149 Å². The molecule has 1 aliphatic heterocycles. The maximum atomic E-state index is 13.1. The van der Waals surface area contributed by atoms with E-state index < -0.39 is 49.5 Å². The van der Waals surface area contributed by atoms with Gasteiger partial charge in [0.25, 0.3) is 0 Å². The van der Waals surface area contributed by atoms with Gasteiger partial charge in [-0.15, -0.1) is 0 Å². The van der Waals surface area contributed by atoms with Crippen LogP contribution in [0.5, 0.6) is 0 Å². The van der Waals surface area contributed by atoms with Gasteiger partial charge in [0.15, 0.2) is 6.29 Å². The van der Waals surface area contributed by atoms with Gasteiger partial charge in [-0.1, -0.05) is 306 Å². The van der Waals surface area contributed by atoms with Crippen molar-refractivity contribution >= 4 is 5.91 Å². The molecule has 0 spiro atoms. The van der Waals surface area contributed by atoms with Crippen molar-refractivity contribution in [1.29, 1.82) is 0 Å². The normalized spacial score (nSPS) is 18.8. The summed E-state index contributed by atoms with van der Waals surface area (Å²) in [5.74, 6) is -0.185. The highest BCUT2D eigenvalue weighted by atomic mass is 16.7. The molecule has 1 amide bonds. The van der Waals surface area contributed by atoms with Crippen LogP contribution < -0.4 is 5.32 Å². The van der Waals surface area contributed by atoms with Crippen LogP contribution >= 0.6 is 0 Å². The van der Waals surface area contributed by atoms with E-state index in [1.165, 1.54) is 270 Å². The van der Waals surface area contributed by atoms with Gasteiger partial charge in [0.05, 0.1) is 25.4 Å². The molecule has 0 aliphatic carbocycles. The molecule has 0 radical (unpaired) electrons. The van der Waals surface area contributed by atoms with Gasteiger partial charge in [0.1, 0.15) is 24.4 Å². The highest BCUT2D eigenvalue weighted by molar-refractivity contribution is 5.76. The Labute approximate surface area is 488 Å². The molecule has 0 bridgehead atoms. The van der Waals surface area contributed by atoms with E-state index in [-0.39, 0.29) is 12.5 Å². The minimum absolute atomic E-state index is 0.185. The van der Waals surface area contributed by atoms with Crippen molar-refractivity contribution in [2.45, 2.75) is 378 Å². The minimum atomic E-state index is -1.58. The Morgan fingerprint density at radius 2 is 0.722 bits per heavy atom. The standard InChI is InChI=1S/C70H131NO8/c1-3-5-7-9-11-13-15-17-19-21-23-25-26-27-28-29-30-31-32-33-34-35-36-37-38-40-42-44-46-48-50-52-54-56-58-60-66(74)71-63(62-78-70-69(77)68(76)67(75)65(61-72)79-70)64(73)59-57-55-53-51-49-47-45-43-41-39-24-22-20-18-16-14-12-10-8-6-4-2/h21,23,41,43,49,51,57,59,63-65,67-70,72-73,75-77H,3-20,22,24-40,42,44-48,50,52-56,58,60-62H2,1-2H3,(H,71,74)/b23-21-,43-41+,51-49+,59-57+. The van der Waals surface area contributed by atoms with Gasteiger partial charge < -0.3 is 40.3 Å². The van der Waals surface area contributed by atoms with Crippen LogP contribution in [0, 0.1) is 0 Å². The lowest BCUT2D eigenvalue weighted by atomic mass is 9.99. The quantitative estimate of drug-likeness (QED) is 0.0261. The summed E-state index contributed by atoms with van der Waals surface area (Å²) in [6.45, 7) is 3.80. The fourth-order valence-electron chi connectivity index (χ4n) is 11.0. The number of aliphatic hydroxyl groups excluding tert-OH is 5. The molecule has 0 aromatic rings. The summed E-state index contributed by atoms with van der Waals surface area (Å²) < 4.78 is 11.3. The van der Waals surface area contributed by atoms with Gasteiger partial charge in [-0.25, -0.2) is 0 Å². The first-order valence-corrected chi connectivity index (χ1v) is 34.4. The van der Waals surface area contributed by atoms with E-state index >= 15 is 0 Å². The molecule has 79 heavy (non-hydrogen) atoms. The largest absolute Gasteiger partial charge is 0.394 e. The predicted octanol–water partition coefficient (Wildman–Crippen LogP) is 18.4. The molecule has 9 heteroatoms. The van der Waals surface area contributed by atoms with Gasteiger partial charge >= 0.3 is 0 Å². The van der Waals surface area contributed by atoms with Gasteiger partial charge in [-0.2, -0.15) is 0 Å². The molecule has 1 saturated heterocycles. The molecule has 464 valence electrons. The van der Waals surface area contributed by atoms with Gasteiger partial charge in [0, 0.05) is 6.42 Å². The SMILES string of the molecule is CCCCCCCCCC/C=C\CCCCCCCCCCCCCCCCCCCCCCCCCC(=O)NC(COC1OC(CO)C(O)C(O)C1O)C(O)/C=C/CC/C=C/CC/C=C/CCCCCCCCCCCCC. The molecule has 1 aliphatic rings. The summed E-state index contributed by atoms with van der Waals surface area (Å²) in [5.41, 5.74) is 0. The molecule has 0 aromatic heterocycles. The van der Waals surface area contributed by atoms with Crippen LogP contribution in [0.15, 0.2) is 48.6 Å². The Balaban J connectivity index is 2.12. The van der Waals surface area contributed by atoms with Crippen molar-refractivity contribution < 1.29 is 39.8 Å². The Kier molecular flexibility index (Phi) is 56.4. The number of hydrogen-bond acceptors (Lipinski definition) is 8. The van der Waals surface area contributed by atoms with Crippen molar-refractivity contribution in [3.63, 3.8) is 0 Å². The minimum Gasteiger partial charge on any atom is -0.394 e. The van der Waals surface area contributed by atoms with Crippen LogP contribution in [0.1, 0.15) is 335 Å². The summed E-state index contributed by atoms with van der Waals surface area (Å²) in [6.07, 6.45) is 73.7. The summed E-state index contributed by atoms with van der Waals surface area (Å²) in [4.78, 5) is 13.1. The first-order valence-electron chi connectivity index (χ1n) is 34.4. The molecule has 1 rings (SSSR count). The number of allylic oxidation sites excluding steroid dienone is 7. The number of aliphatic hydroxyl groups is 5. The number of rotatable bonds is 60. The van der Waals surface area contributed by atoms with E-state index in [2.05, 4.69) is 55.6 Å². The van der Waals surface area contributed by atoms with Crippen LogP contribution in [0.3, 0.4) is 0 Å². The van der Waals surface area contributed by atoms with Gasteiger partial charge in [-0.05, 0) is 70.6 Å². The van der Waals surface area contributed by atoms with E-state index in [0.717, 1.165) is 44.9 Å². The van der Waals surface area contributed by atoms with E-state index in [9.17, 15) is 30.3 Å². The fraction of sp³-hybridized carbons (Fsp3) is 0.871. The number of hydrogen-bond donors (Lipinski definition) is 6. The Morgan fingerprint density at radius 3 is 1.06 bits per heavy atom. The molecule has 0 aromatic carbocycles. The lowest BCUT2D eigenvalue weighted by Crippen LogP contribution is -2.60. The number of ether oxygens (including phenoxy) is 2. The zero-order valence-electron chi connectivity index (χ0n) is 51.9. The Bertz CT molecular complexity index is 1380. The maximum Gasteiger partial charge on any atom is 0.220 e. The third kappa shape index (κ3) is 48.3. The summed E-state index contributed by atoms with van der Waals surface area (Å²) >= 11 is 0. The zero-order valence-corrected chi connectivity index (χ0v) is 51.9. The van der Waals surface area contributed by atoms with E-state index in [4.69, 9.17) is 9.47 Å². The monoisotopic (exact) mass is 1110 g/mol. The van der Waals surface area contributed by atoms with E-state index in [1.807, 2.05) is 6.08 Å². The maximum absolute atomic E-state index is 13.1. The molecule has 0 saturated carbocycles. The lowest BCUT2D eigenvalue weighted by Gasteiger charge is -2.40. The number of carbonyl (C=O) groups is 1. The second kappa shape index (κ2) is 59.3. The molecular weight excluding hydrogens is 983 g/mol. The molecule has 6 N–H and O–H groups in total. The predicted molar refractivity (Wildman–Crippen MR) is 336 cm³/mol. The third-order valence-corrected chi connectivity index (χ3v) is 16.4. The molecule has 1 heterocycles. The third-order valence-electron chi connectivity index (χ3n) is 16.4. The summed E-state index contributed by atoms with van der Waals surface area (Å²) in [6, 6.07) is -0.828. The average molecular weight is 1110 g/mol. The molecular formula is C70H131NO8. The highest BCUT2D eigenvalue weighted by Gasteiger charge is 2.44. The van der Waals surface area contributed by atoms with Crippen molar-refractivity contribution in [2.24, 2.45) is 0 Å². The number of unbranched alkanes of at least 4 members (excludes halogenated alkanes) is 44. The molecule has 7 atom stereocenters. The highest BCUT2D eigenvalue weighted by Crippen LogP contribution is 2.23. The van der Waals surface area contributed by atoms with Crippen molar-refractivity contribution in [2.75, 3.05) is 13.2 Å². The van der Waals surface area contributed by atoms with Crippen LogP contribution in [0.25, 0.3) is 0 Å². The van der Waals surface area contributed by atoms with Crippen molar-refractivity contribution in [3.05, 3.63) is 48.6 Å². The van der Waals surface area contributed by atoms with Crippen LogP contribution in [-0.4, -0.2) is 87.5 Å². The number of carbonyl (C=O) groups excluding carboxylic acids is 1. The summed E-state index contributed by atoms with van der Waals surface area (Å²) in [5, 5.41) is 54.6.